The summed E-state index contributed by atoms with van der Waals surface area (Å²) in [5.41, 5.74) is 0.327. The summed E-state index contributed by atoms with van der Waals surface area (Å²) in [6.45, 7) is 1.83. The number of hydrogen-bond acceptors (Lipinski definition) is 8. The molecule has 30 heavy (non-hydrogen) atoms. The van der Waals surface area contributed by atoms with Gasteiger partial charge in [0.25, 0.3) is 6.43 Å². The first-order chi connectivity index (χ1) is 14.5. The molecular formula is C18H21F2N7O3. The van der Waals surface area contributed by atoms with Gasteiger partial charge in [0.1, 0.15) is 31.4 Å². The van der Waals surface area contributed by atoms with Crippen LogP contribution in [-0.2, 0) is 14.3 Å². The van der Waals surface area contributed by atoms with E-state index < -0.39 is 12.1 Å². The summed E-state index contributed by atoms with van der Waals surface area (Å²) >= 11 is 0. The smallest absolute Gasteiger partial charge is 0.279 e. The number of amides is 1. The van der Waals surface area contributed by atoms with Gasteiger partial charge in [-0.05, 0) is 12.2 Å². The number of ether oxygens (including phenoxy) is 2. The maximum atomic E-state index is 12.4. The average molecular weight is 421 g/mol. The zero-order valence-corrected chi connectivity index (χ0v) is 16.0. The summed E-state index contributed by atoms with van der Waals surface area (Å²) < 4.78 is 35.3. The molecule has 2 aromatic rings. The third kappa shape index (κ3) is 6.12. The summed E-state index contributed by atoms with van der Waals surface area (Å²) in [4.78, 5) is 29.1. The molecule has 0 aromatic carbocycles. The zero-order chi connectivity index (χ0) is 21.3. The number of hydrogen-bond donors (Lipinski definition) is 3. The van der Waals surface area contributed by atoms with Gasteiger partial charge in [-0.3, -0.25) is 10.2 Å². The molecule has 0 radical (unpaired) electrons. The Balaban J connectivity index is 1.73. The molecule has 3 heterocycles. The first-order valence-electron chi connectivity index (χ1n) is 9.12. The fourth-order valence-electron chi connectivity index (χ4n) is 2.61. The lowest BCUT2D eigenvalue weighted by atomic mass is 10.3. The van der Waals surface area contributed by atoms with Crippen molar-refractivity contribution in [2.45, 2.75) is 6.43 Å². The quantitative estimate of drug-likeness (QED) is 0.617. The van der Waals surface area contributed by atoms with Gasteiger partial charge in [-0.25, -0.2) is 23.7 Å². The molecule has 10 nitrogen and oxygen atoms in total. The lowest BCUT2D eigenvalue weighted by Gasteiger charge is -2.23. The number of carbonyl (C=O) groups is 1. The Morgan fingerprint density at radius 1 is 1.27 bits per heavy atom. The maximum Gasteiger partial charge on any atom is 0.279 e. The molecule has 0 atom stereocenters. The topological polar surface area (TPSA) is 129 Å². The Labute approximate surface area is 170 Å². The highest BCUT2D eigenvalue weighted by atomic mass is 19.3. The summed E-state index contributed by atoms with van der Waals surface area (Å²) in [6, 6.07) is 1.75. The van der Waals surface area contributed by atoms with E-state index in [1.165, 1.54) is 18.6 Å². The lowest BCUT2D eigenvalue weighted by Crippen LogP contribution is -2.37. The number of rotatable bonds is 5. The number of aromatic nitrogens is 4. The standard InChI is InChI=1S/C18H21F2N7O3/c19-18(20)12(21)1-2-15-23-8-14(26-15)13-7-16(25-10-24-13)27-4-3-22-17(28)9-30-11-29-6-5-27/h1-2,7-8,10,18,21H,3-6,9,11H2,(H,22,28)(H,23,26)/b2-1-,21-12?. The van der Waals surface area contributed by atoms with Crippen molar-refractivity contribution >= 4 is 23.5 Å². The third-order valence-corrected chi connectivity index (χ3v) is 4.11. The van der Waals surface area contributed by atoms with Gasteiger partial charge in [0, 0.05) is 25.7 Å². The molecule has 0 aliphatic carbocycles. The van der Waals surface area contributed by atoms with E-state index in [1.807, 2.05) is 4.90 Å². The molecule has 1 amide bonds. The highest BCUT2D eigenvalue weighted by Crippen LogP contribution is 2.19. The van der Waals surface area contributed by atoms with E-state index in [1.54, 1.807) is 6.07 Å². The van der Waals surface area contributed by atoms with Gasteiger partial charge >= 0.3 is 0 Å². The number of anilines is 1. The predicted octanol–water partition coefficient (Wildman–Crippen LogP) is 1.09. The summed E-state index contributed by atoms with van der Waals surface area (Å²) in [5.74, 6) is 0.730. The van der Waals surface area contributed by atoms with Crippen LogP contribution in [0.2, 0.25) is 0 Å². The van der Waals surface area contributed by atoms with Crippen LogP contribution in [0.15, 0.2) is 24.7 Å². The molecule has 0 saturated carbocycles. The molecule has 0 unspecified atom stereocenters. The van der Waals surface area contributed by atoms with Crippen LogP contribution < -0.4 is 10.2 Å². The van der Waals surface area contributed by atoms with Crippen LogP contribution in [0.25, 0.3) is 17.5 Å². The number of imidazole rings is 1. The van der Waals surface area contributed by atoms with Crippen LogP contribution in [0.4, 0.5) is 14.6 Å². The van der Waals surface area contributed by atoms with E-state index in [4.69, 9.17) is 14.9 Å². The molecule has 1 aliphatic heterocycles. The second-order valence-electron chi connectivity index (χ2n) is 6.24. The fraction of sp³-hybridized carbons (Fsp3) is 0.389. The Morgan fingerprint density at radius 3 is 2.97 bits per heavy atom. The molecule has 3 N–H and O–H groups in total. The lowest BCUT2D eigenvalue weighted by molar-refractivity contribution is -0.131. The number of allylic oxidation sites excluding steroid dienone is 1. The Bertz CT molecular complexity index is 903. The minimum Gasteiger partial charge on any atom is -0.354 e. The van der Waals surface area contributed by atoms with Crippen molar-refractivity contribution in [3.05, 3.63) is 30.5 Å². The SMILES string of the molecule is N=C(/C=C\c1ncc(-c2cc(N3CCNC(=O)COCOCC3)ncn2)[nH]1)C(F)F. The Kier molecular flexibility index (Phi) is 7.51. The van der Waals surface area contributed by atoms with Crippen molar-refractivity contribution in [1.29, 1.82) is 5.41 Å². The second kappa shape index (κ2) is 10.5. The third-order valence-electron chi connectivity index (χ3n) is 4.11. The highest BCUT2D eigenvalue weighted by molar-refractivity contribution is 5.97. The number of alkyl halides is 2. The van der Waals surface area contributed by atoms with Crippen LogP contribution in [-0.4, -0.2) is 77.6 Å². The molecule has 1 fully saturated rings. The predicted molar refractivity (Wildman–Crippen MR) is 104 cm³/mol. The van der Waals surface area contributed by atoms with E-state index >= 15 is 0 Å². The molecular weight excluding hydrogens is 400 g/mol. The molecule has 0 spiro atoms. The van der Waals surface area contributed by atoms with E-state index in [2.05, 4.69) is 25.3 Å². The molecule has 1 aliphatic rings. The van der Waals surface area contributed by atoms with Crippen molar-refractivity contribution < 1.29 is 23.0 Å². The number of nitrogens with zero attached hydrogens (tertiary/aromatic N) is 4. The van der Waals surface area contributed by atoms with E-state index in [9.17, 15) is 13.6 Å². The van der Waals surface area contributed by atoms with Gasteiger partial charge in [0.2, 0.25) is 5.91 Å². The van der Waals surface area contributed by atoms with E-state index in [0.29, 0.717) is 49.3 Å². The van der Waals surface area contributed by atoms with Crippen molar-refractivity contribution in [2.24, 2.45) is 0 Å². The van der Waals surface area contributed by atoms with Crippen LogP contribution in [0.1, 0.15) is 5.82 Å². The number of aromatic amines is 1. The van der Waals surface area contributed by atoms with Crippen molar-refractivity contribution in [3.8, 4) is 11.4 Å². The second-order valence-corrected chi connectivity index (χ2v) is 6.24. The minimum atomic E-state index is -2.84. The largest absolute Gasteiger partial charge is 0.354 e. The monoisotopic (exact) mass is 421 g/mol. The van der Waals surface area contributed by atoms with Gasteiger partial charge in [-0.2, -0.15) is 0 Å². The zero-order valence-electron chi connectivity index (χ0n) is 16.0. The van der Waals surface area contributed by atoms with Gasteiger partial charge in [0.15, 0.2) is 0 Å². The molecule has 160 valence electrons. The molecule has 3 rings (SSSR count). The van der Waals surface area contributed by atoms with Gasteiger partial charge in [-0.15, -0.1) is 0 Å². The fourth-order valence-corrected chi connectivity index (χ4v) is 2.61. The van der Waals surface area contributed by atoms with Crippen LogP contribution in [0.5, 0.6) is 0 Å². The first kappa shape index (κ1) is 21.5. The molecule has 2 aromatic heterocycles. The molecule has 0 bridgehead atoms. The van der Waals surface area contributed by atoms with Gasteiger partial charge in [0.05, 0.1) is 29.9 Å². The normalized spacial score (nSPS) is 16.5. The number of halogens is 2. The van der Waals surface area contributed by atoms with Crippen molar-refractivity contribution in [3.63, 3.8) is 0 Å². The Morgan fingerprint density at radius 2 is 2.13 bits per heavy atom. The van der Waals surface area contributed by atoms with Gasteiger partial charge < -0.3 is 24.7 Å². The average Bonchev–Trinajstić information content (AvgIpc) is 3.20. The van der Waals surface area contributed by atoms with Crippen LogP contribution in [0, 0.1) is 5.41 Å². The number of H-pyrrole nitrogens is 1. The van der Waals surface area contributed by atoms with E-state index in [0.717, 1.165) is 6.08 Å². The highest BCUT2D eigenvalue weighted by Gasteiger charge is 2.13. The van der Waals surface area contributed by atoms with E-state index in [-0.39, 0.29) is 19.3 Å². The van der Waals surface area contributed by atoms with Crippen LogP contribution in [0.3, 0.4) is 0 Å². The molecule has 12 heteroatoms. The van der Waals surface area contributed by atoms with Gasteiger partial charge in [-0.1, -0.05) is 0 Å². The number of carbonyl (C=O) groups excluding carboxylic acids is 1. The summed E-state index contributed by atoms with van der Waals surface area (Å²) in [5, 5.41) is 9.91. The van der Waals surface area contributed by atoms with Crippen molar-refractivity contribution in [2.75, 3.05) is 44.5 Å². The summed E-state index contributed by atoms with van der Waals surface area (Å²) in [6.07, 6.45) is 2.38. The van der Waals surface area contributed by atoms with Crippen LogP contribution >= 0.6 is 0 Å². The van der Waals surface area contributed by atoms with Crippen molar-refractivity contribution in [1.82, 2.24) is 25.3 Å². The first-order valence-corrected chi connectivity index (χ1v) is 9.12. The maximum absolute atomic E-state index is 12.4. The minimum absolute atomic E-state index is 0.0315. The number of nitrogens with one attached hydrogen (secondary N) is 3. The Hall–Kier alpha value is -3.25. The molecule has 1 saturated heterocycles. The summed E-state index contributed by atoms with van der Waals surface area (Å²) in [7, 11) is 0.